The van der Waals surface area contributed by atoms with Gasteiger partial charge < -0.3 is 4.42 Å². The quantitative estimate of drug-likeness (QED) is 0.475. The third-order valence-electron chi connectivity index (χ3n) is 5.02. The maximum atomic E-state index is 13.5. The van der Waals surface area contributed by atoms with Crippen LogP contribution in [0.4, 0.5) is 5.88 Å². The monoisotopic (exact) mass is 385 g/mol. The molecule has 3 aromatic carbocycles. The first-order valence-electron chi connectivity index (χ1n) is 9.80. The minimum absolute atomic E-state index is 0.147. The Morgan fingerprint density at radius 3 is 2.45 bits per heavy atom. The number of carbonyl (C=O) groups excluding carboxylic acids is 1. The largest absolute Gasteiger partial charge is 0.439 e. The standard InChI is InChI=1S/C25H23NO3/c1-15(2)14-21(27)26-25-22(19-12-7-10-17-9-4-5-11-18(17)19)23(28)20-13-6-8-16(3)24(20)29-25/h4-13,15H,14H2,1-3H3,(H,26,27). The van der Waals surface area contributed by atoms with Gasteiger partial charge in [-0.3, -0.25) is 14.9 Å². The third-order valence-corrected chi connectivity index (χ3v) is 5.02. The Morgan fingerprint density at radius 1 is 0.966 bits per heavy atom. The summed E-state index contributed by atoms with van der Waals surface area (Å²) in [5, 5.41) is 5.33. The maximum Gasteiger partial charge on any atom is 0.226 e. The predicted molar refractivity (Wildman–Crippen MR) is 118 cm³/mol. The zero-order valence-electron chi connectivity index (χ0n) is 16.8. The lowest BCUT2D eigenvalue weighted by molar-refractivity contribution is -0.116. The van der Waals surface area contributed by atoms with Crippen molar-refractivity contribution in [2.45, 2.75) is 27.2 Å². The summed E-state index contributed by atoms with van der Waals surface area (Å²) in [6.07, 6.45) is 0.352. The van der Waals surface area contributed by atoms with Gasteiger partial charge in [-0.2, -0.15) is 0 Å². The molecule has 0 saturated carbocycles. The number of benzene rings is 3. The lowest BCUT2D eigenvalue weighted by Crippen LogP contribution is -2.18. The van der Waals surface area contributed by atoms with E-state index in [4.69, 9.17) is 4.42 Å². The first kappa shape index (κ1) is 18.9. The number of aryl methyl sites for hydroxylation is 1. The molecule has 146 valence electrons. The smallest absolute Gasteiger partial charge is 0.226 e. The predicted octanol–water partition coefficient (Wildman–Crippen LogP) is 5.91. The highest BCUT2D eigenvalue weighted by atomic mass is 16.4. The topological polar surface area (TPSA) is 59.3 Å². The fraction of sp³-hybridized carbons (Fsp3) is 0.200. The zero-order chi connectivity index (χ0) is 20.5. The van der Waals surface area contributed by atoms with E-state index in [0.717, 1.165) is 21.9 Å². The highest BCUT2D eigenvalue weighted by Gasteiger charge is 2.20. The summed E-state index contributed by atoms with van der Waals surface area (Å²) in [4.78, 5) is 26.1. The number of carbonyl (C=O) groups is 1. The van der Waals surface area contributed by atoms with E-state index in [-0.39, 0.29) is 23.1 Å². The van der Waals surface area contributed by atoms with E-state index in [2.05, 4.69) is 5.32 Å². The Morgan fingerprint density at radius 2 is 1.66 bits per heavy atom. The molecule has 0 aliphatic carbocycles. The van der Waals surface area contributed by atoms with Crippen molar-refractivity contribution in [2.24, 2.45) is 5.92 Å². The summed E-state index contributed by atoms with van der Waals surface area (Å²) in [7, 11) is 0. The molecule has 0 fully saturated rings. The molecule has 0 bridgehead atoms. The average molecular weight is 385 g/mol. The van der Waals surface area contributed by atoms with Crippen molar-refractivity contribution >= 4 is 33.5 Å². The van der Waals surface area contributed by atoms with Crippen LogP contribution in [0.3, 0.4) is 0 Å². The summed E-state index contributed by atoms with van der Waals surface area (Å²) in [5.41, 5.74) is 2.34. The molecule has 0 aliphatic rings. The van der Waals surface area contributed by atoms with Gasteiger partial charge >= 0.3 is 0 Å². The van der Waals surface area contributed by atoms with Gasteiger partial charge in [-0.05, 0) is 40.8 Å². The lowest BCUT2D eigenvalue weighted by atomic mass is 9.97. The highest BCUT2D eigenvalue weighted by molar-refractivity contribution is 6.03. The molecular formula is C25H23NO3. The zero-order valence-corrected chi connectivity index (χ0v) is 16.8. The van der Waals surface area contributed by atoms with Crippen molar-refractivity contribution in [1.29, 1.82) is 0 Å². The Hall–Kier alpha value is -3.40. The van der Waals surface area contributed by atoms with Gasteiger partial charge in [0.1, 0.15) is 5.58 Å². The van der Waals surface area contributed by atoms with Crippen molar-refractivity contribution in [3.8, 4) is 11.1 Å². The normalized spacial score (nSPS) is 11.3. The van der Waals surface area contributed by atoms with E-state index < -0.39 is 0 Å². The van der Waals surface area contributed by atoms with E-state index in [1.165, 1.54) is 0 Å². The van der Waals surface area contributed by atoms with E-state index in [1.54, 1.807) is 6.07 Å². The van der Waals surface area contributed by atoms with E-state index in [1.807, 2.05) is 75.4 Å². The van der Waals surface area contributed by atoms with E-state index >= 15 is 0 Å². The van der Waals surface area contributed by atoms with Crippen LogP contribution in [0.25, 0.3) is 32.9 Å². The Labute approximate surface area is 169 Å². The third kappa shape index (κ3) is 3.54. The molecule has 4 nitrogen and oxygen atoms in total. The first-order chi connectivity index (χ1) is 14.0. The average Bonchev–Trinajstić information content (AvgIpc) is 2.68. The van der Waals surface area contributed by atoms with Gasteiger partial charge in [0.05, 0.1) is 10.9 Å². The molecule has 0 atom stereocenters. The molecule has 1 heterocycles. The second-order valence-corrected chi connectivity index (χ2v) is 7.76. The molecule has 4 heteroatoms. The van der Waals surface area contributed by atoms with Crippen LogP contribution in [0.15, 0.2) is 69.9 Å². The van der Waals surface area contributed by atoms with Crippen LogP contribution in [-0.4, -0.2) is 5.91 Å². The minimum atomic E-state index is -0.169. The summed E-state index contributed by atoms with van der Waals surface area (Å²) in [6.45, 7) is 5.85. The number of anilines is 1. The molecule has 4 rings (SSSR count). The van der Waals surface area contributed by atoms with Gasteiger partial charge in [0.25, 0.3) is 0 Å². The highest BCUT2D eigenvalue weighted by Crippen LogP contribution is 2.34. The van der Waals surface area contributed by atoms with Crippen molar-refractivity contribution < 1.29 is 9.21 Å². The van der Waals surface area contributed by atoms with Crippen LogP contribution in [-0.2, 0) is 4.79 Å². The van der Waals surface area contributed by atoms with Gasteiger partial charge in [0.2, 0.25) is 17.2 Å². The molecule has 0 radical (unpaired) electrons. The number of hydrogen-bond donors (Lipinski definition) is 1. The van der Waals surface area contributed by atoms with E-state index in [9.17, 15) is 9.59 Å². The Kier molecular flexibility index (Phi) is 4.93. The van der Waals surface area contributed by atoms with Gasteiger partial charge in [-0.25, -0.2) is 0 Å². The Balaban J connectivity index is 2.03. The molecule has 0 aliphatic heterocycles. The van der Waals surface area contributed by atoms with Crippen LogP contribution in [0, 0.1) is 12.8 Å². The Bertz CT molecular complexity index is 1280. The molecule has 0 saturated heterocycles. The van der Waals surface area contributed by atoms with Crippen LogP contribution in [0.2, 0.25) is 0 Å². The van der Waals surface area contributed by atoms with Gasteiger partial charge in [0, 0.05) is 6.42 Å². The number of nitrogens with one attached hydrogen (secondary N) is 1. The molecule has 29 heavy (non-hydrogen) atoms. The second kappa shape index (κ2) is 7.55. The van der Waals surface area contributed by atoms with Crippen LogP contribution >= 0.6 is 0 Å². The summed E-state index contributed by atoms with van der Waals surface area (Å²) in [6, 6.07) is 19.2. The first-order valence-corrected chi connectivity index (χ1v) is 9.80. The SMILES string of the molecule is Cc1cccc2c(=O)c(-c3cccc4ccccc34)c(NC(=O)CC(C)C)oc12. The van der Waals surface area contributed by atoms with Gasteiger partial charge in [-0.1, -0.05) is 68.4 Å². The fourth-order valence-corrected chi connectivity index (χ4v) is 3.68. The van der Waals surface area contributed by atoms with Crippen molar-refractivity contribution in [3.63, 3.8) is 0 Å². The minimum Gasteiger partial charge on any atom is -0.439 e. The maximum absolute atomic E-state index is 13.5. The van der Waals surface area contributed by atoms with Crippen LogP contribution in [0.1, 0.15) is 25.8 Å². The fourth-order valence-electron chi connectivity index (χ4n) is 3.68. The number of para-hydroxylation sites is 1. The number of fused-ring (bicyclic) bond motifs is 2. The molecular weight excluding hydrogens is 362 g/mol. The summed E-state index contributed by atoms with van der Waals surface area (Å²) >= 11 is 0. The number of hydrogen-bond acceptors (Lipinski definition) is 3. The number of rotatable bonds is 4. The van der Waals surface area contributed by atoms with Gasteiger partial charge in [-0.15, -0.1) is 0 Å². The van der Waals surface area contributed by atoms with Crippen LogP contribution in [0.5, 0.6) is 0 Å². The van der Waals surface area contributed by atoms with Crippen LogP contribution < -0.4 is 10.7 Å². The molecule has 1 N–H and O–H groups in total. The summed E-state index contributed by atoms with van der Waals surface area (Å²) < 4.78 is 6.13. The van der Waals surface area contributed by atoms with Crippen molar-refractivity contribution in [1.82, 2.24) is 0 Å². The summed E-state index contributed by atoms with van der Waals surface area (Å²) in [5.74, 6) is 0.237. The second-order valence-electron chi connectivity index (χ2n) is 7.76. The molecule has 0 spiro atoms. The van der Waals surface area contributed by atoms with Crippen molar-refractivity contribution in [3.05, 3.63) is 76.5 Å². The van der Waals surface area contributed by atoms with E-state index in [0.29, 0.717) is 23.0 Å². The molecule has 1 amide bonds. The number of amides is 1. The van der Waals surface area contributed by atoms with Gasteiger partial charge in [0.15, 0.2) is 0 Å². The molecule has 4 aromatic rings. The van der Waals surface area contributed by atoms with Crippen molar-refractivity contribution in [2.75, 3.05) is 5.32 Å². The molecule has 1 aromatic heterocycles. The molecule has 0 unspecified atom stereocenters. The lowest BCUT2D eigenvalue weighted by Gasteiger charge is -2.14.